The number of likely N-dealkylation sites (tertiary alicyclic amines) is 2. The zero-order chi connectivity index (χ0) is 16.4. The van der Waals surface area contributed by atoms with Crippen LogP contribution in [0.5, 0.6) is 0 Å². The molecule has 0 unspecified atom stereocenters. The van der Waals surface area contributed by atoms with Crippen LogP contribution in [0.15, 0.2) is 24.5 Å². The van der Waals surface area contributed by atoms with E-state index in [1.807, 2.05) is 17.0 Å². The Morgan fingerprint density at radius 2 is 2.17 bits per heavy atom. The van der Waals surface area contributed by atoms with E-state index in [1.54, 1.807) is 12.4 Å². The molecular weight excluding hydrogens is 302 g/mol. The molecule has 0 saturated carbocycles. The Labute approximate surface area is 144 Å². The van der Waals surface area contributed by atoms with Gasteiger partial charge in [0.1, 0.15) is 0 Å². The van der Waals surface area contributed by atoms with Gasteiger partial charge in [0.2, 0.25) is 0 Å². The molecular formula is C19H27N3O2. The van der Waals surface area contributed by atoms with Crippen molar-refractivity contribution in [1.29, 1.82) is 0 Å². The molecule has 130 valence electrons. The molecule has 0 N–H and O–H groups in total. The molecule has 1 aromatic rings. The fourth-order valence-electron chi connectivity index (χ4n) is 4.61. The molecule has 5 nitrogen and oxygen atoms in total. The van der Waals surface area contributed by atoms with Crippen LogP contribution in [-0.4, -0.2) is 65.6 Å². The van der Waals surface area contributed by atoms with Crippen molar-refractivity contribution < 1.29 is 9.53 Å². The summed E-state index contributed by atoms with van der Waals surface area (Å²) in [5.41, 5.74) is 0.571. The number of aromatic nitrogens is 1. The SMILES string of the molecule is O=C(c1cccnc1)N1CCC[C@]2(C[C@H](CN3CCCC3)CO2)C1. The molecule has 3 fully saturated rings. The summed E-state index contributed by atoms with van der Waals surface area (Å²) in [5.74, 6) is 0.713. The summed E-state index contributed by atoms with van der Waals surface area (Å²) in [4.78, 5) is 21.3. The summed E-state index contributed by atoms with van der Waals surface area (Å²) in [6.45, 7) is 6.07. The van der Waals surface area contributed by atoms with Gasteiger partial charge in [-0.3, -0.25) is 9.78 Å². The molecule has 1 aromatic heterocycles. The fraction of sp³-hybridized carbons (Fsp3) is 0.684. The lowest BCUT2D eigenvalue weighted by Crippen LogP contribution is -2.50. The predicted molar refractivity (Wildman–Crippen MR) is 91.8 cm³/mol. The average Bonchev–Trinajstić information content (AvgIpc) is 3.26. The average molecular weight is 329 g/mol. The molecule has 0 bridgehead atoms. The number of ether oxygens (including phenoxy) is 1. The van der Waals surface area contributed by atoms with Crippen molar-refractivity contribution in [2.75, 3.05) is 39.3 Å². The van der Waals surface area contributed by atoms with Crippen molar-refractivity contribution in [3.63, 3.8) is 0 Å². The number of nitrogens with zero attached hydrogens (tertiary/aromatic N) is 3. The molecule has 2 atom stereocenters. The maximum atomic E-state index is 12.7. The van der Waals surface area contributed by atoms with Gasteiger partial charge < -0.3 is 14.5 Å². The summed E-state index contributed by atoms with van der Waals surface area (Å²) in [7, 11) is 0. The van der Waals surface area contributed by atoms with Gasteiger partial charge in [-0.25, -0.2) is 0 Å². The lowest BCUT2D eigenvalue weighted by atomic mass is 9.86. The lowest BCUT2D eigenvalue weighted by molar-refractivity contribution is -0.0450. The molecule has 0 aromatic carbocycles. The summed E-state index contributed by atoms with van der Waals surface area (Å²) in [6, 6.07) is 3.67. The molecule has 1 spiro atoms. The second-order valence-electron chi connectivity index (χ2n) is 7.64. The van der Waals surface area contributed by atoms with Crippen LogP contribution < -0.4 is 0 Å². The van der Waals surface area contributed by atoms with E-state index in [1.165, 1.54) is 25.9 Å². The maximum absolute atomic E-state index is 12.7. The van der Waals surface area contributed by atoms with Gasteiger partial charge >= 0.3 is 0 Å². The number of rotatable bonds is 3. The zero-order valence-electron chi connectivity index (χ0n) is 14.3. The molecule has 4 rings (SSSR count). The van der Waals surface area contributed by atoms with Crippen LogP contribution in [0.2, 0.25) is 0 Å². The van der Waals surface area contributed by atoms with Gasteiger partial charge in [-0.1, -0.05) is 0 Å². The first kappa shape index (κ1) is 16.0. The van der Waals surface area contributed by atoms with Gasteiger partial charge in [0, 0.05) is 32.0 Å². The van der Waals surface area contributed by atoms with E-state index in [0.717, 1.165) is 45.5 Å². The molecule has 1 amide bonds. The van der Waals surface area contributed by atoms with E-state index in [0.29, 0.717) is 11.5 Å². The van der Waals surface area contributed by atoms with E-state index in [2.05, 4.69) is 9.88 Å². The quantitative estimate of drug-likeness (QED) is 0.853. The third-order valence-corrected chi connectivity index (χ3v) is 5.74. The number of amides is 1. The highest BCUT2D eigenvalue weighted by atomic mass is 16.5. The molecule has 0 aliphatic carbocycles. The Bertz CT molecular complexity index is 573. The highest BCUT2D eigenvalue weighted by Gasteiger charge is 2.44. The second kappa shape index (κ2) is 6.81. The first-order valence-electron chi connectivity index (χ1n) is 9.30. The minimum absolute atomic E-state index is 0.0915. The largest absolute Gasteiger partial charge is 0.373 e. The molecule has 3 aliphatic heterocycles. The number of hydrogen-bond donors (Lipinski definition) is 0. The minimum Gasteiger partial charge on any atom is -0.373 e. The third kappa shape index (κ3) is 3.33. The maximum Gasteiger partial charge on any atom is 0.255 e. The number of carbonyl (C=O) groups is 1. The van der Waals surface area contributed by atoms with Crippen LogP contribution in [0.3, 0.4) is 0 Å². The molecule has 0 radical (unpaired) electrons. The van der Waals surface area contributed by atoms with Gasteiger partial charge in [-0.15, -0.1) is 0 Å². The van der Waals surface area contributed by atoms with E-state index in [9.17, 15) is 4.79 Å². The van der Waals surface area contributed by atoms with Crippen LogP contribution in [0.25, 0.3) is 0 Å². The van der Waals surface area contributed by atoms with E-state index in [-0.39, 0.29) is 11.5 Å². The Hall–Kier alpha value is -1.46. The summed E-state index contributed by atoms with van der Waals surface area (Å²) in [6.07, 6.45) is 9.26. The smallest absolute Gasteiger partial charge is 0.255 e. The molecule has 24 heavy (non-hydrogen) atoms. The molecule has 5 heteroatoms. The first-order chi connectivity index (χ1) is 11.7. The summed E-state index contributed by atoms with van der Waals surface area (Å²) < 4.78 is 6.28. The van der Waals surface area contributed by atoms with Gasteiger partial charge in [0.05, 0.1) is 17.8 Å². The number of pyridine rings is 1. The van der Waals surface area contributed by atoms with Crippen molar-refractivity contribution in [3.05, 3.63) is 30.1 Å². The zero-order valence-corrected chi connectivity index (χ0v) is 14.3. The van der Waals surface area contributed by atoms with Crippen molar-refractivity contribution >= 4 is 5.91 Å². The molecule has 4 heterocycles. The van der Waals surface area contributed by atoms with Gasteiger partial charge in [0.15, 0.2) is 0 Å². The normalized spacial score (nSPS) is 31.0. The molecule has 3 saturated heterocycles. The number of hydrogen-bond acceptors (Lipinski definition) is 4. The Kier molecular flexibility index (Phi) is 4.55. The van der Waals surface area contributed by atoms with Gasteiger partial charge in [-0.05, 0) is 63.2 Å². The predicted octanol–water partition coefficient (Wildman–Crippen LogP) is 2.19. The van der Waals surface area contributed by atoms with Gasteiger partial charge in [0.25, 0.3) is 5.91 Å². The van der Waals surface area contributed by atoms with Gasteiger partial charge in [-0.2, -0.15) is 0 Å². The second-order valence-corrected chi connectivity index (χ2v) is 7.64. The Morgan fingerprint density at radius 1 is 1.29 bits per heavy atom. The first-order valence-corrected chi connectivity index (χ1v) is 9.30. The van der Waals surface area contributed by atoms with Crippen molar-refractivity contribution in [1.82, 2.24) is 14.8 Å². The van der Waals surface area contributed by atoms with Crippen LogP contribution in [0.4, 0.5) is 0 Å². The topological polar surface area (TPSA) is 45.7 Å². The highest BCUT2D eigenvalue weighted by molar-refractivity contribution is 5.94. The summed E-state index contributed by atoms with van der Waals surface area (Å²) in [5, 5.41) is 0. The third-order valence-electron chi connectivity index (χ3n) is 5.74. The van der Waals surface area contributed by atoms with Crippen molar-refractivity contribution in [2.24, 2.45) is 5.92 Å². The minimum atomic E-state index is -0.111. The summed E-state index contributed by atoms with van der Waals surface area (Å²) >= 11 is 0. The highest BCUT2D eigenvalue weighted by Crippen LogP contribution is 2.38. The van der Waals surface area contributed by atoms with E-state index in [4.69, 9.17) is 4.74 Å². The number of carbonyl (C=O) groups excluding carboxylic acids is 1. The Morgan fingerprint density at radius 3 is 2.96 bits per heavy atom. The Balaban J connectivity index is 1.38. The van der Waals surface area contributed by atoms with E-state index >= 15 is 0 Å². The fourth-order valence-corrected chi connectivity index (χ4v) is 4.61. The van der Waals surface area contributed by atoms with Crippen molar-refractivity contribution in [2.45, 2.75) is 37.7 Å². The van der Waals surface area contributed by atoms with Crippen LogP contribution in [0, 0.1) is 5.92 Å². The van der Waals surface area contributed by atoms with E-state index < -0.39 is 0 Å². The van der Waals surface area contributed by atoms with Crippen LogP contribution >= 0.6 is 0 Å². The lowest BCUT2D eigenvalue weighted by Gasteiger charge is -2.40. The molecule has 3 aliphatic rings. The standard InChI is InChI=1S/C19H27N3O2/c23-18(17-5-3-7-20-12-17)22-10-4-6-19(15-22)11-16(14-24-19)13-21-8-1-2-9-21/h3,5,7,12,16H,1-2,4,6,8-11,13-15H2/t16-,19+/m1/s1. The van der Waals surface area contributed by atoms with Crippen LogP contribution in [-0.2, 0) is 4.74 Å². The number of piperidine rings is 1. The monoisotopic (exact) mass is 329 g/mol. The van der Waals surface area contributed by atoms with Crippen LogP contribution in [0.1, 0.15) is 42.5 Å². The van der Waals surface area contributed by atoms with Crippen molar-refractivity contribution in [3.8, 4) is 0 Å².